The van der Waals surface area contributed by atoms with Crippen LogP contribution in [0.25, 0.3) is 0 Å². The summed E-state index contributed by atoms with van der Waals surface area (Å²) >= 11 is 5.81. The van der Waals surface area contributed by atoms with Crippen LogP contribution in [0.4, 0.5) is 5.69 Å². The first-order valence-electron chi connectivity index (χ1n) is 5.19. The molecule has 98 valence electrons. The minimum atomic E-state index is -0.551. The molecule has 1 aromatic carbocycles. The molecule has 1 aliphatic rings. The molecule has 0 atom stereocenters. The van der Waals surface area contributed by atoms with Crippen molar-refractivity contribution in [1.29, 1.82) is 0 Å². The van der Waals surface area contributed by atoms with Crippen molar-refractivity contribution in [2.45, 2.75) is 19.5 Å². The van der Waals surface area contributed by atoms with Crippen LogP contribution in [0, 0.1) is 0 Å². The van der Waals surface area contributed by atoms with Crippen LogP contribution < -0.4 is 16.4 Å². The van der Waals surface area contributed by atoms with E-state index in [4.69, 9.17) is 17.3 Å². The molecule has 0 radical (unpaired) electrons. The van der Waals surface area contributed by atoms with E-state index in [9.17, 15) is 0 Å². The lowest BCUT2D eigenvalue weighted by Gasteiger charge is -2.24. The van der Waals surface area contributed by atoms with Gasteiger partial charge in [0, 0.05) is 10.7 Å². The van der Waals surface area contributed by atoms with E-state index in [0.29, 0.717) is 16.9 Å². The monoisotopic (exact) mass is 287 g/mol. The number of nitrogens with two attached hydrogens (primary N) is 1. The van der Waals surface area contributed by atoms with Crippen LogP contribution in [0.5, 0.6) is 0 Å². The topological polar surface area (TPSA) is 74.8 Å². The van der Waals surface area contributed by atoms with Gasteiger partial charge in [0.2, 0.25) is 5.96 Å². The molecule has 4 N–H and O–H groups in total. The van der Waals surface area contributed by atoms with Gasteiger partial charge in [-0.25, -0.2) is 9.98 Å². The van der Waals surface area contributed by atoms with E-state index >= 15 is 0 Å². The predicted molar refractivity (Wildman–Crippen MR) is 78.6 cm³/mol. The zero-order chi connectivity index (χ0) is 12.5. The molecular formula is C11H15Cl2N5. The first-order chi connectivity index (χ1) is 7.94. The highest BCUT2D eigenvalue weighted by atomic mass is 35.5. The number of hydrogen-bond acceptors (Lipinski definition) is 5. The first kappa shape index (κ1) is 14.6. The van der Waals surface area contributed by atoms with Crippen molar-refractivity contribution < 1.29 is 0 Å². The fourth-order valence-corrected chi connectivity index (χ4v) is 1.63. The van der Waals surface area contributed by atoms with Crippen LogP contribution in [0.2, 0.25) is 5.02 Å². The van der Waals surface area contributed by atoms with Crippen molar-refractivity contribution in [2.75, 3.05) is 5.32 Å². The van der Waals surface area contributed by atoms with E-state index in [0.717, 1.165) is 5.69 Å². The second kappa shape index (κ2) is 5.46. The average Bonchev–Trinajstić information content (AvgIpc) is 2.18. The Kier molecular flexibility index (Phi) is 4.43. The number of anilines is 1. The van der Waals surface area contributed by atoms with Crippen molar-refractivity contribution in [1.82, 2.24) is 5.32 Å². The second-order valence-electron chi connectivity index (χ2n) is 4.21. The average molecular weight is 288 g/mol. The van der Waals surface area contributed by atoms with E-state index in [1.165, 1.54) is 0 Å². The highest BCUT2D eigenvalue weighted by molar-refractivity contribution is 6.30. The highest BCUT2D eigenvalue weighted by Gasteiger charge is 2.21. The quantitative estimate of drug-likeness (QED) is 0.741. The molecule has 2 rings (SSSR count). The largest absolute Gasteiger partial charge is 0.370 e. The Morgan fingerprint density at radius 2 is 1.83 bits per heavy atom. The Morgan fingerprint density at radius 3 is 2.39 bits per heavy atom. The number of rotatable bonds is 1. The number of guanidine groups is 2. The number of nitrogens with zero attached hydrogens (tertiary/aromatic N) is 2. The molecule has 1 heterocycles. The summed E-state index contributed by atoms with van der Waals surface area (Å²) in [6, 6.07) is 7.33. The van der Waals surface area contributed by atoms with Gasteiger partial charge in [-0.3, -0.25) is 5.32 Å². The van der Waals surface area contributed by atoms with Crippen molar-refractivity contribution in [3.05, 3.63) is 29.3 Å². The summed E-state index contributed by atoms with van der Waals surface area (Å²) in [6.45, 7) is 3.76. The standard InChI is InChI=1S/C11H14ClN5.ClH/c1-11(2)16-9(13)15-10(17-11)14-8-5-3-7(12)4-6-8;/h3-6H,1-2H3,(H4,13,14,15,16,17);1H. The maximum atomic E-state index is 5.81. The molecule has 0 saturated heterocycles. The van der Waals surface area contributed by atoms with Gasteiger partial charge in [-0.1, -0.05) is 11.6 Å². The lowest BCUT2D eigenvalue weighted by Crippen LogP contribution is -2.47. The van der Waals surface area contributed by atoms with Crippen molar-refractivity contribution in [2.24, 2.45) is 15.7 Å². The Hall–Kier alpha value is -1.46. The molecule has 0 spiro atoms. The van der Waals surface area contributed by atoms with E-state index in [2.05, 4.69) is 20.6 Å². The zero-order valence-corrected chi connectivity index (χ0v) is 11.6. The van der Waals surface area contributed by atoms with Gasteiger partial charge < -0.3 is 11.1 Å². The molecular weight excluding hydrogens is 273 g/mol. The highest BCUT2D eigenvalue weighted by Crippen LogP contribution is 2.16. The lowest BCUT2D eigenvalue weighted by atomic mass is 10.2. The van der Waals surface area contributed by atoms with Gasteiger partial charge in [-0.15, -0.1) is 12.4 Å². The van der Waals surface area contributed by atoms with Crippen molar-refractivity contribution in [3.8, 4) is 0 Å². The third kappa shape index (κ3) is 3.78. The summed E-state index contributed by atoms with van der Waals surface area (Å²) in [5.41, 5.74) is 6.00. The number of aliphatic imine (C=N–C) groups is 2. The third-order valence-corrected chi connectivity index (χ3v) is 2.38. The molecule has 0 aromatic heterocycles. The minimum Gasteiger partial charge on any atom is -0.370 e. The summed E-state index contributed by atoms with van der Waals surface area (Å²) < 4.78 is 0. The molecule has 1 aromatic rings. The van der Waals surface area contributed by atoms with Crippen LogP contribution in [0.3, 0.4) is 0 Å². The van der Waals surface area contributed by atoms with Crippen LogP contribution in [-0.2, 0) is 0 Å². The third-order valence-electron chi connectivity index (χ3n) is 2.13. The lowest BCUT2D eigenvalue weighted by molar-refractivity contribution is 0.541. The van der Waals surface area contributed by atoms with Crippen LogP contribution in [0.15, 0.2) is 34.3 Å². The fraction of sp³-hybridized carbons (Fsp3) is 0.273. The van der Waals surface area contributed by atoms with Gasteiger partial charge in [-0.2, -0.15) is 0 Å². The molecule has 1 aliphatic heterocycles. The molecule has 0 saturated carbocycles. The predicted octanol–water partition coefficient (Wildman–Crippen LogP) is 2.18. The minimum absolute atomic E-state index is 0. The van der Waals surface area contributed by atoms with Gasteiger partial charge >= 0.3 is 0 Å². The van der Waals surface area contributed by atoms with Crippen LogP contribution >= 0.6 is 24.0 Å². The summed E-state index contributed by atoms with van der Waals surface area (Å²) in [6.07, 6.45) is 0. The summed E-state index contributed by atoms with van der Waals surface area (Å²) in [4.78, 5) is 8.53. The Bertz CT molecular complexity index is 479. The Morgan fingerprint density at radius 1 is 1.22 bits per heavy atom. The van der Waals surface area contributed by atoms with Crippen molar-refractivity contribution >= 4 is 41.6 Å². The molecule has 0 bridgehead atoms. The Labute approximate surface area is 117 Å². The van der Waals surface area contributed by atoms with Crippen LogP contribution in [-0.4, -0.2) is 17.6 Å². The van der Waals surface area contributed by atoms with Gasteiger partial charge in [0.15, 0.2) is 11.6 Å². The van der Waals surface area contributed by atoms with Crippen LogP contribution in [0.1, 0.15) is 13.8 Å². The SMILES string of the molecule is CC1(C)N=C(N)NC(Nc2ccc(Cl)cc2)=N1.Cl. The molecule has 0 aliphatic carbocycles. The summed E-state index contributed by atoms with van der Waals surface area (Å²) in [5, 5.41) is 6.67. The van der Waals surface area contributed by atoms with Gasteiger partial charge in [0.1, 0.15) is 0 Å². The molecule has 5 nitrogen and oxygen atoms in total. The maximum absolute atomic E-state index is 5.81. The number of halogens is 2. The van der Waals surface area contributed by atoms with E-state index in [1.807, 2.05) is 26.0 Å². The number of hydrogen-bond donors (Lipinski definition) is 3. The van der Waals surface area contributed by atoms with E-state index in [1.54, 1.807) is 12.1 Å². The van der Waals surface area contributed by atoms with E-state index in [-0.39, 0.29) is 12.4 Å². The first-order valence-corrected chi connectivity index (χ1v) is 5.57. The summed E-state index contributed by atoms with van der Waals surface area (Å²) in [5.74, 6) is 0.922. The normalized spacial score (nSPS) is 16.8. The Balaban J connectivity index is 0.00000162. The number of benzene rings is 1. The zero-order valence-electron chi connectivity index (χ0n) is 10.1. The number of nitrogens with one attached hydrogen (secondary N) is 2. The van der Waals surface area contributed by atoms with Gasteiger partial charge in [-0.05, 0) is 38.1 Å². The van der Waals surface area contributed by atoms with E-state index < -0.39 is 5.66 Å². The summed E-state index contributed by atoms with van der Waals surface area (Å²) in [7, 11) is 0. The maximum Gasteiger partial charge on any atom is 0.205 e. The smallest absolute Gasteiger partial charge is 0.205 e. The molecule has 18 heavy (non-hydrogen) atoms. The molecule has 7 heteroatoms. The molecule has 0 unspecified atom stereocenters. The van der Waals surface area contributed by atoms with Crippen molar-refractivity contribution in [3.63, 3.8) is 0 Å². The fourth-order valence-electron chi connectivity index (χ4n) is 1.50. The molecule has 0 amide bonds. The molecule has 0 fully saturated rings. The second-order valence-corrected chi connectivity index (χ2v) is 4.65. The van der Waals surface area contributed by atoms with Gasteiger partial charge in [0.05, 0.1) is 0 Å². The van der Waals surface area contributed by atoms with Gasteiger partial charge in [0.25, 0.3) is 0 Å².